The zero-order valence-corrected chi connectivity index (χ0v) is 9.00. The van der Waals surface area contributed by atoms with E-state index in [1.807, 2.05) is 6.92 Å². The highest BCUT2D eigenvalue weighted by atomic mass is 19.1. The van der Waals surface area contributed by atoms with Gasteiger partial charge in [-0.05, 0) is 24.6 Å². The quantitative estimate of drug-likeness (QED) is 0.580. The number of carbonyl (C=O) groups excluding carboxylic acids is 1. The highest BCUT2D eigenvalue weighted by molar-refractivity contribution is 5.89. The molecule has 16 heavy (non-hydrogen) atoms. The summed E-state index contributed by atoms with van der Waals surface area (Å²) in [5, 5.41) is 8.53. The van der Waals surface area contributed by atoms with E-state index in [9.17, 15) is 9.18 Å². The third-order valence-corrected chi connectivity index (χ3v) is 2.05. The van der Waals surface area contributed by atoms with Crippen molar-refractivity contribution in [2.24, 2.45) is 0 Å². The summed E-state index contributed by atoms with van der Waals surface area (Å²) in [7, 11) is 0. The van der Waals surface area contributed by atoms with Gasteiger partial charge in [0, 0.05) is 0 Å². The number of nitriles is 1. The lowest BCUT2D eigenvalue weighted by Crippen LogP contribution is -2.08. The Morgan fingerprint density at radius 2 is 2.31 bits per heavy atom. The van der Waals surface area contributed by atoms with Crippen molar-refractivity contribution in [3.63, 3.8) is 0 Å². The fourth-order valence-corrected chi connectivity index (χ4v) is 1.14. The molecular weight excluding hydrogens is 209 g/mol. The number of carbonyl (C=O) groups is 1. The number of benzene rings is 1. The van der Waals surface area contributed by atoms with Crippen molar-refractivity contribution in [1.29, 1.82) is 5.26 Å². The van der Waals surface area contributed by atoms with E-state index in [1.54, 1.807) is 6.07 Å². The molecule has 0 aliphatic carbocycles. The van der Waals surface area contributed by atoms with E-state index in [1.165, 1.54) is 12.1 Å². The lowest BCUT2D eigenvalue weighted by Gasteiger charge is -2.04. The predicted octanol–water partition coefficient (Wildman–Crippen LogP) is 2.65. The van der Waals surface area contributed by atoms with E-state index in [0.717, 1.165) is 18.9 Å². The van der Waals surface area contributed by atoms with Crippen molar-refractivity contribution in [2.75, 3.05) is 6.61 Å². The van der Waals surface area contributed by atoms with Gasteiger partial charge >= 0.3 is 5.97 Å². The Labute approximate surface area is 93.5 Å². The second kappa shape index (κ2) is 5.86. The van der Waals surface area contributed by atoms with E-state index < -0.39 is 11.8 Å². The van der Waals surface area contributed by atoms with Gasteiger partial charge in [0.1, 0.15) is 5.82 Å². The van der Waals surface area contributed by atoms with E-state index in [4.69, 9.17) is 10.00 Å². The third kappa shape index (κ3) is 3.06. The number of nitrogens with zero attached hydrogens (tertiary/aromatic N) is 1. The van der Waals surface area contributed by atoms with Gasteiger partial charge in [0.05, 0.1) is 23.8 Å². The number of ether oxygens (including phenoxy) is 1. The summed E-state index contributed by atoms with van der Waals surface area (Å²) in [6.07, 6.45) is 1.66. The van der Waals surface area contributed by atoms with Gasteiger partial charge in [-0.2, -0.15) is 5.26 Å². The zero-order chi connectivity index (χ0) is 12.0. The van der Waals surface area contributed by atoms with Crippen molar-refractivity contribution in [3.8, 4) is 6.07 Å². The summed E-state index contributed by atoms with van der Waals surface area (Å²) in [5.41, 5.74) is 0.0534. The van der Waals surface area contributed by atoms with Gasteiger partial charge in [0.25, 0.3) is 0 Å². The van der Waals surface area contributed by atoms with Gasteiger partial charge < -0.3 is 4.74 Å². The summed E-state index contributed by atoms with van der Waals surface area (Å²) in [4.78, 5) is 11.4. The highest BCUT2D eigenvalue weighted by Crippen LogP contribution is 2.11. The topological polar surface area (TPSA) is 50.1 Å². The first-order chi connectivity index (χ1) is 7.69. The monoisotopic (exact) mass is 221 g/mol. The maximum Gasteiger partial charge on any atom is 0.341 e. The van der Waals surface area contributed by atoms with Crippen LogP contribution < -0.4 is 0 Å². The van der Waals surface area contributed by atoms with Crippen LogP contribution in [0.2, 0.25) is 0 Å². The normalized spacial score (nSPS) is 9.56. The molecule has 0 saturated heterocycles. The summed E-state index contributed by atoms with van der Waals surface area (Å²) in [6, 6.07) is 5.47. The zero-order valence-electron chi connectivity index (χ0n) is 9.00. The maximum absolute atomic E-state index is 13.3. The summed E-state index contributed by atoms with van der Waals surface area (Å²) >= 11 is 0. The molecule has 0 radical (unpaired) electrons. The van der Waals surface area contributed by atoms with Crippen LogP contribution in [-0.2, 0) is 4.74 Å². The number of esters is 1. The molecule has 1 aromatic carbocycles. The molecule has 0 unspecified atom stereocenters. The Hall–Kier alpha value is -1.89. The molecule has 0 N–H and O–H groups in total. The molecule has 0 aliphatic rings. The first-order valence-electron chi connectivity index (χ1n) is 5.05. The van der Waals surface area contributed by atoms with Gasteiger partial charge in [-0.15, -0.1) is 0 Å². The largest absolute Gasteiger partial charge is 0.462 e. The minimum absolute atomic E-state index is 0.130. The minimum atomic E-state index is -0.722. The molecule has 0 heterocycles. The van der Waals surface area contributed by atoms with Crippen molar-refractivity contribution < 1.29 is 13.9 Å². The Morgan fingerprint density at radius 3 is 2.88 bits per heavy atom. The van der Waals surface area contributed by atoms with E-state index in [0.29, 0.717) is 0 Å². The molecule has 84 valence electrons. The number of hydrogen-bond donors (Lipinski definition) is 0. The van der Waals surface area contributed by atoms with Gasteiger partial charge in [0.2, 0.25) is 0 Å². The summed E-state index contributed by atoms with van der Waals surface area (Å²) < 4.78 is 18.2. The summed E-state index contributed by atoms with van der Waals surface area (Å²) in [6.45, 7) is 2.25. The standard InChI is InChI=1S/C12H12FNO2/c1-2-3-6-16-12(15)10-5-4-9(8-14)7-11(10)13/h4-5,7H,2-3,6H2,1H3. The average Bonchev–Trinajstić information content (AvgIpc) is 2.29. The molecule has 0 bridgehead atoms. The fourth-order valence-electron chi connectivity index (χ4n) is 1.14. The first kappa shape index (κ1) is 12.2. The Bertz CT molecular complexity index is 424. The second-order valence-electron chi connectivity index (χ2n) is 3.30. The molecular formula is C12H12FNO2. The van der Waals surface area contributed by atoms with Gasteiger partial charge in [-0.25, -0.2) is 9.18 Å². The molecule has 1 rings (SSSR count). The second-order valence-corrected chi connectivity index (χ2v) is 3.30. The van der Waals surface area contributed by atoms with E-state index in [-0.39, 0.29) is 17.7 Å². The van der Waals surface area contributed by atoms with Crippen LogP contribution in [-0.4, -0.2) is 12.6 Å². The molecule has 0 aromatic heterocycles. The molecule has 0 aliphatic heterocycles. The SMILES string of the molecule is CCCCOC(=O)c1ccc(C#N)cc1F. The highest BCUT2D eigenvalue weighted by Gasteiger charge is 2.13. The molecule has 0 fully saturated rings. The van der Waals surface area contributed by atoms with Gasteiger partial charge in [0.15, 0.2) is 0 Å². The fraction of sp³-hybridized carbons (Fsp3) is 0.333. The van der Waals surface area contributed by atoms with Crippen LogP contribution in [0.25, 0.3) is 0 Å². The minimum Gasteiger partial charge on any atom is -0.462 e. The van der Waals surface area contributed by atoms with Gasteiger partial charge in [-0.1, -0.05) is 13.3 Å². The van der Waals surface area contributed by atoms with Crippen molar-refractivity contribution in [2.45, 2.75) is 19.8 Å². The molecule has 0 amide bonds. The van der Waals surface area contributed by atoms with Crippen molar-refractivity contribution >= 4 is 5.97 Å². The van der Waals surface area contributed by atoms with Crippen molar-refractivity contribution in [1.82, 2.24) is 0 Å². The number of hydrogen-bond acceptors (Lipinski definition) is 3. The van der Waals surface area contributed by atoms with Crippen LogP contribution in [0.15, 0.2) is 18.2 Å². The molecule has 0 spiro atoms. The average molecular weight is 221 g/mol. The van der Waals surface area contributed by atoms with Crippen LogP contribution in [0.3, 0.4) is 0 Å². The van der Waals surface area contributed by atoms with Crippen molar-refractivity contribution in [3.05, 3.63) is 35.1 Å². The van der Waals surface area contributed by atoms with Crippen LogP contribution in [0.4, 0.5) is 4.39 Å². The predicted molar refractivity (Wildman–Crippen MR) is 56.3 cm³/mol. The molecule has 0 atom stereocenters. The molecule has 3 nitrogen and oxygen atoms in total. The smallest absolute Gasteiger partial charge is 0.341 e. The third-order valence-electron chi connectivity index (χ3n) is 2.05. The lowest BCUT2D eigenvalue weighted by atomic mass is 10.1. The molecule has 1 aromatic rings. The number of unbranched alkanes of at least 4 members (excludes halogenated alkanes) is 1. The van der Waals surface area contributed by atoms with E-state index in [2.05, 4.69) is 0 Å². The van der Waals surface area contributed by atoms with Crippen LogP contribution in [0.1, 0.15) is 35.7 Å². The van der Waals surface area contributed by atoms with Crippen LogP contribution in [0.5, 0.6) is 0 Å². The maximum atomic E-state index is 13.3. The lowest BCUT2D eigenvalue weighted by molar-refractivity contribution is 0.0494. The molecule has 0 saturated carbocycles. The first-order valence-corrected chi connectivity index (χ1v) is 5.05. The number of halogens is 1. The van der Waals surface area contributed by atoms with Crippen LogP contribution >= 0.6 is 0 Å². The Balaban J connectivity index is 2.73. The summed E-state index contributed by atoms with van der Waals surface area (Å²) in [5.74, 6) is -1.41. The Kier molecular flexibility index (Phi) is 4.46. The molecule has 4 heteroatoms. The van der Waals surface area contributed by atoms with Crippen LogP contribution in [0, 0.1) is 17.1 Å². The number of rotatable bonds is 4. The van der Waals surface area contributed by atoms with E-state index >= 15 is 0 Å². The Morgan fingerprint density at radius 1 is 1.56 bits per heavy atom. The van der Waals surface area contributed by atoms with Gasteiger partial charge in [-0.3, -0.25) is 0 Å².